The fourth-order valence-corrected chi connectivity index (χ4v) is 5.08. The molecule has 9 heteroatoms. The van der Waals surface area contributed by atoms with Crippen LogP contribution in [0.4, 0.5) is 0 Å². The zero-order valence-electron chi connectivity index (χ0n) is 26.2. The molecule has 0 heterocycles. The topological polar surface area (TPSA) is 160 Å². The van der Waals surface area contributed by atoms with Crippen molar-refractivity contribution in [2.75, 3.05) is 6.54 Å². The van der Waals surface area contributed by atoms with Gasteiger partial charge in [-0.1, -0.05) is 103 Å². The van der Waals surface area contributed by atoms with Gasteiger partial charge >= 0.3 is 0 Å². The van der Waals surface area contributed by atoms with Gasteiger partial charge in [0.15, 0.2) is 11.7 Å². The summed E-state index contributed by atoms with van der Waals surface area (Å²) in [5, 5.41) is 15.1. The SMILES string of the molecule is CCCCCCCCCCCCCCCCC(=O)C(CCCN=C(N)N)NC(=O)C(Cc1ccc(O)cc1)NC(C)=O. The standard InChI is InChI=1S/C33H57N5O4/c1-3-4-5-6-7-8-9-10-11-12-13-14-15-16-19-31(41)29(18-17-24-36-33(34)35)38-32(42)30(37-26(2)39)25-27-20-22-28(40)23-21-27/h20-23,29-30,40H,3-19,24-25H2,1-2H3,(H,37,39)(H,38,42)(H4,34,35,36). The summed E-state index contributed by atoms with van der Waals surface area (Å²) in [6.07, 6.45) is 19.0. The molecule has 7 N–H and O–H groups in total. The summed E-state index contributed by atoms with van der Waals surface area (Å²) in [4.78, 5) is 42.2. The van der Waals surface area contributed by atoms with E-state index in [-0.39, 0.29) is 29.8 Å². The number of guanidine groups is 1. The Kier molecular flexibility index (Phi) is 20.6. The minimum absolute atomic E-state index is 0.0102. The van der Waals surface area contributed by atoms with E-state index < -0.39 is 18.0 Å². The van der Waals surface area contributed by atoms with Crippen molar-refractivity contribution in [3.63, 3.8) is 0 Å². The number of aromatic hydroxyl groups is 1. The van der Waals surface area contributed by atoms with Gasteiger partial charge in [-0.2, -0.15) is 0 Å². The Labute approximate surface area is 253 Å². The van der Waals surface area contributed by atoms with Crippen molar-refractivity contribution < 1.29 is 19.5 Å². The number of carbonyl (C=O) groups is 3. The number of nitrogens with one attached hydrogen (secondary N) is 2. The summed E-state index contributed by atoms with van der Waals surface area (Å²) in [5.74, 6) is -0.664. The number of hydrogen-bond acceptors (Lipinski definition) is 5. The third kappa shape index (κ3) is 19.1. The van der Waals surface area contributed by atoms with Crippen LogP contribution in [0, 0.1) is 0 Å². The number of nitrogens with two attached hydrogens (primary N) is 2. The van der Waals surface area contributed by atoms with Crippen LogP contribution < -0.4 is 22.1 Å². The molecule has 0 saturated carbocycles. The normalized spacial score (nSPS) is 12.3. The maximum Gasteiger partial charge on any atom is 0.243 e. The van der Waals surface area contributed by atoms with E-state index in [9.17, 15) is 19.5 Å². The third-order valence-electron chi connectivity index (χ3n) is 7.50. The van der Waals surface area contributed by atoms with Crippen LogP contribution in [0.5, 0.6) is 5.75 Å². The lowest BCUT2D eigenvalue weighted by Gasteiger charge is -2.23. The van der Waals surface area contributed by atoms with Gasteiger partial charge in [-0.25, -0.2) is 0 Å². The first-order chi connectivity index (χ1) is 20.2. The molecule has 42 heavy (non-hydrogen) atoms. The van der Waals surface area contributed by atoms with Crippen molar-refractivity contribution >= 4 is 23.6 Å². The smallest absolute Gasteiger partial charge is 0.243 e. The molecule has 2 amide bonds. The molecule has 2 unspecified atom stereocenters. The molecule has 0 aromatic heterocycles. The molecule has 0 aliphatic carbocycles. The minimum Gasteiger partial charge on any atom is -0.508 e. The predicted molar refractivity (Wildman–Crippen MR) is 171 cm³/mol. The van der Waals surface area contributed by atoms with Gasteiger partial charge in [0.25, 0.3) is 0 Å². The van der Waals surface area contributed by atoms with Crippen LogP contribution in [0.2, 0.25) is 0 Å². The van der Waals surface area contributed by atoms with Crippen LogP contribution in [0.3, 0.4) is 0 Å². The average molecular weight is 588 g/mol. The van der Waals surface area contributed by atoms with Gasteiger partial charge in [-0.15, -0.1) is 0 Å². The summed E-state index contributed by atoms with van der Waals surface area (Å²) in [7, 11) is 0. The number of rotatable bonds is 25. The van der Waals surface area contributed by atoms with Crippen LogP contribution in [0.15, 0.2) is 29.3 Å². The van der Waals surface area contributed by atoms with E-state index in [0.29, 0.717) is 25.8 Å². The first-order valence-electron chi connectivity index (χ1n) is 16.2. The summed E-state index contributed by atoms with van der Waals surface area (Å²) in [6.45, 7) is 3.97. The number of benzene rings is 1. The minimum atomic E-state index is -0.846. The monoisotopic (exact) mass is 587 g/mol. The van der Waals surface area contributed by atoms with Crippen molar-refractivity contribution in [3.8, 4) is 5.75 Å². The van der Waals surface area contributed by atoms with Crippen LogP contribution in [0.1, 0.15) is 129 Å². The molecular formula is C33H57N5O4. The summed E-state index contributed by atoms with van der Waals surface area (Å²) in [5.41, 5.74) is 11.6. The molecule has 1 aromatic rings. The Hall–Kier alpha value is -3.10. The van der Waals surface area contributed by atoms with E-state index in [4.69, 9.17) is 11.5 Å². The predicted octanol–water partition coefficient (Wildman–Crippen LogP) is 5.42. The Bertz CT molecular complexity index is 916. The molecule has 0 saturated heterocycles. The Balaban J connectivity index is 2.49. The molecule has 0 bridgehead atoms. The van der Waals surface area contributed by atoms with Crippen molar-refractivity contribution in [1.82, 2.24) is 10.6 Å². The average Bonchev–Trinajstić information content (AvgIpc) is 2.95. The fraction of sp³-hybridized carbons (Fsp3) is 0.697. The van der Waals surface area contributed by atoms with Gasteiger partial charge in [0.2, 0.25) is 11.8 Å². The molecule has 0 radical (unpaired) electrons. The van der Waals surface area contributed by atoms with Crippen molar-refractivity contribution in [3.05, 3.63) is 29.8 Å². The number of phenols is 1. The second kappa shape index (κ2) is 23.5. The number of amides is 2. The lowest BCUT2D eigenvalue weighted by Crippen LogP contribution is -2.52. The maximum absolute atomic E-state index is 13.2. The Morgan fingerprint density at radius 1 is 0.762 bits per heavy atom. The van der Waals surface area contributed by atoms with E-state index in [1.807, 2.05) is 0 Å². The van der Waals surface area contributed by atoms with E-state index in [0.717, 1.165) is 24.8 Å². The maximum atomic E-state index is 13.2. The van der Waals surface area contributed by atoms with E-state index in [1.54, 1.807) is 12.1 Å². The highest BCUT2D eigenvalue weighted by Gasteiger charge is 2.26. The second-order valence-corrected chi connectivity index (χ2v) is 11.4. The molecule has 1 aromatic carbocycles. The van der Waals surface area contributed by atoms with Gasteiger partial charge in [0, 0.05) is 26.3 Å². The number of hydrogen-bond donors (Lipinski definition) is 5. The highest BCUT2D eigenvalue weighted by atomic mass is 16.3. The number of phenolic OH excluding ortho intramolecular Hbond substituents is 1. The molecule has 2 atom stereocenters. The number of aliphatic imine (C=N–C) groups is 1. The molecule has 238 valence electrons. The quantitative estimate of drug-likeness (QED) is 0.0583. The summed E-state index contributed by atoms with van der Waals surface area (Å²) in [6, 6.07) is 4.94. The van der Waals surface area contributed by atoms with Crippen LogP contribution in [-0.4, -0.2) is 47.3 Å². The highest BCUT2D eigenvalue weighted by molar-refractivity contribution is 5.92. The number of carbonyl (C=O) groups excluding carboxylic acids is 3. The Morgan fingerprint density at radius 3 is 1.79 bits per heavy atom. The molecular weight excluding hydrogens is 530 g/mol. The van der Waals surface area contributed by atoms with Crippen molar-refractivity contribution in [2.24, 2.45) is 16.5 Å². The lowest BCUT2D eigenvalue weighted by molar-refractivity contribution is -0.131. The van der Waals surface area contributed by atoms with Crippen LogP contribution in [0.25, 0.3) is 0 Å². The van der Waals surface area contributed by atoms with E-state index in [2.05, 4.69) is 22.5 Å². The second-order valence-electron chi connectivity index (χ2n) is 11.4. The van der Waals surface area contributed by atoms with Gasteiger partial charge in [0.05, 0.1) is 6.04 Å². The van der Waals surface area contributed by atoms with E-state index >= 15 is 0 Å². The van der Waals surface area contributed by atoms with Gasteiger partial charge in [-0.05, 0) is 37.0 Å². The third-order valence-corrected chi connectivity index (χ3v) is 7.50. The number of ketones is 1. The van der Waals surface area contributed by atoms with Gasteiger partial charge in [-0.3, -0.25) is 19.4 Å². The Morgan fingerprint density at radius 2 is 1.29 bits per heavy atom. The molecule has 0 aliphatic heterocycles. The number of nitrogens with zero attached hydrogens (tertiary/aromatic N) is 1. The van der Waals surface area contributed by atoms with Gasteiger partial charge in [0.1, 0.15) is 11.8 Å². The van der Waals surface area contributed by atoms with E-state index in [1.165, 1.54) is 89.7 Å². The summed E-state index contributed by atoms with van der Waals surface area (Å²) < 4.78 is 0. The first kappa shape index (κ1) is 36.9. The molecule has 1 rings (SSSR count). The highest BCUT2D eigenvalue weighted by Crippen LogP contribution is 2.15. The molecule has 0 aliphatic rings. The van der Waals surface area contributed by atoms with Crippen LogP contribution in [-0.2, 0) is 20.8 Å². The zero-order chi connectivity index (χ0) is 31.0. The fourth-order valence-electron chi connectivity index (χ4n) is 5.08. The zero-order valence-corrected chi connectivity index (χ0v) is 26.2. The molecule has 0 fully saturated rings. The molecule has 0 spiro atoms. The van der Waals surface area contributed by atoms with Crippen LogP contribution >= 0.6 is 0 Å². The molecule has 9 nitrogen and oxygen atoms in total. The lowest BCUT2D eigenvalue weighted by atomic mass is 9.99. The first-order valence-corrected chi connectivity index (χ1v) is 16.2. The number of Topliss-reactive ketones (excluding diaryl/α,β-unsaturated/α-hetero) is 1. The number of unbranched alkanes of at least 4 members (excludes halogenated alkanes) is 13. The summed E-state index contributed by atoms with van der Waals surface area (Å²) >= 11 is 0. The van der Waals surface area contributed by atoms with Crippen molar-refractivity contribution in [2.45, 2.75) is 142 Å². The van der Waals surface area contributed by atoms with Crippen molar-refractivity contribution in [1.29, 1.82) is 0 Å². The largest absolute Gasteiger partial charge is 0.508 e. The van der Waals surface area contributed by atoms with Gasteiger partial charge < -0.3 is 27.2 Å².